The van der Waals surface area contributed by atoms with Gasteiger partial charge in [0, 0.05) is 5.56 Å². The van der Waals surface area contributed by atoms with E-state index in [2.05, 4.69) is 16.2 Å². The molecule has 0 spiro atoms. The molecule has 9 heteroatoms. The first kappa shape index (κ1) is 20.7. The van der Waals surface area contributed by atoms with Crippen molar-refractivity contribution in [1.82, 2.24) is 10.9 Å². The highest BCUT2D eigenvalue weighted by Gasteiger charge is 2.17. The maximum absolute atomic E-state index is 12.1. The number of likely N-dealkylation sites (N-methyl/N-ethyl adjacent to an activating group) is 1. The summed E-state index contributed by atoms with van der Waals surface area (Å²) in [6.45, 7) is 0.000345. The molecule has 0 radical (unpaired) electrons. The number of quaternary nitrogens is 1. The number of hydrogen-bond donors (Lipinski definition) is 4. The topological polar surface area (TPSA) is 91.7 Å². The van der Waals surface area contributed by atoms with Crippen LogP contribution in [0, 0.1) is 0 Å². The Morgan fingerprint density at radius 1 is 0.852 bits per heavy atom. The molecule has 0 saturated heterocycles. The van der Waals surface area contributed by atoms with Crippen LogP contribution < -0.4 is 21.1 Å². The zero-order valence-electron chi connectivity index (χ0n) is 14.5. The Kier molecular flexibility index (Phi) is 7.60. The quantitative estimate of drug-likeness (QED) is 0.534. The third-order valence-corrected chi connectivity index (χ3v) is 4.13. The number of rotatable bonds is 6. The van der Waals surface area contributed by atoms with Crippen molar-refractivity contribution in [3.63, 3.8) is 0 Å². The fourth-order valence-corrected chi connectivity index (χ4v) is 2.74. The van der Waals surface area contributed by atoms with Gasteiger partial charge in [-0.1, -0.05) is 47.5 Å². The van der Waals surface area contributed by atoms with E-state index in [1.807, 2.05) is 0 Å². The van der Waals surface area contributed by atoms with Crippen molar-refractivity contribution in [2.75, 3.05) is 25.5 Å². The summed E-state index contributed by atoms with van der Waals surface area (Å²) in [7, 11) is 1.67. The number of amides is 3. The second-order valence-corrected chi connectivity index (χ2v) is 6.64. The minimum atomic E-state index is -0.430. The van der Waals surface area contributed by atoms with Crippen molar-refractivity contribution in [1.29, 1.82) is 0 Å². The van der Waals surface area contributed by atoms with E-state index in [-0.39, 0.29) is 19.0 Å². The molecule has 0 heterocycles. The molecule has 27 heavy (non-hydrogen) atoms. The number of benzene rings is 2. The first-order chi connectivity index (χ1) is 12.9. The minimum Gasteiger partial charge on any atom is -0.322 e. The number of carbonyl (C=O) groups is 3. The lowest BCUT2D eigenvalue weighted by atomic mass is 10.2. The van der Waals surface area contributed by atoms with Crippen molar-refractivity contribution in [2.45, 2.75) is 0 Å². The summed E-state index contributed by atoms with van der Waals surface area (Å²) in [5.74, 6) is -1.20. The van der Waals surface area contributed by atoms with Crippen LogP contribution in [0.2, 0.25) is 10.0 Å². The predicted molar refractivity (Wildman–Crippen MR) is 104 cm³/mol. The van der Waals surface area contributed by atoms with Crippen molar-refractivity contribution in [3.05, 3.63) is 64.1 Å². The molecule has 1 unspecified atom stereocenters. The summed E-state index contributed by atoms with van der Waals surface area (Å²) in [4.78, 5) is 36.5. The second-order valence-electron chi connectivity index (χ2n) is 5.82. The number of carbonyl (C=O) groups excluding carboxylic acids is 3. The molecule has 0 fully saturated rings. The van der Waals surface area contributed by atoms with Crippen molar-refractivity contribution in [3.8, 4) is 0 Å². The molecule has 0 aromatic heterocycles. The van der Waals surface area contributed by atoms with Gasteiger partial charge in [-0.05, 0) is 24.3 Å². The first-order valence-electron chi connectivity index (χ1n) is 8.06. The van der Waals surface area contributed by atoms with Crippen molar-refractivity contribution >= 4 is 46.6 Å². The number of hydrazine groups is 1. The Balaban J connectivity index is 1.77. The van der Waals surface area contributed by atoms with Gasteiger partial charge in [-0.15, -0.1) is 0 Å². The van der Waals surface area contributed by atoms with E-state index in [1.165, 1.54) is 0 Å². The molecule has 2 aromatic rings. The van der Waals surface area contributed by atoms with Crippen molar-refractivity contribution < 1.29 is 19.3 Å². The van der Waals surface area contributed by atoms with E-state index in [9.17, 15) is 14.4 Å². The number of nitrogens with one attached hydrogen (secondary N) is 4. The number of para-hydroxylation sites is 1. The van der Waals surface area contributed by atoms with Crippen LogP contribution in [0.3, 0.4) is 0 Å². The van der Waals surface area contributed by atoms with Gasteiger partial charge in [0.1, 0.15) is 0 Å². The van der Waals surface area contributed by atoms with Crippen LogP contribution in [0.5, 0.6) is 0 Å². The largest absolute Gasteiger partial charge is 0.322 e. The third-order valence-electron chi connectivity index (χ3n) is 3.50. The van der Waals surface area contributed by atoms with Crippen LogP contribution in [0.4, 0.5) is 5.69 Å². The summed E-state index contributed by atoms with van der Waals surface area (Å²) in [6, 6.07) is 13.4. The van der Waals surface area contributed by atoms with Gasteiger partial charge in [0.05, 0.1) is 22.8 Å². The first-order valence-corrected chi connectivity index (χ1v) is 8.82. The average Bonchev–Trinajstić information content (AvgIpc) is 2.63. The van der Waals surface area contributed by atoms with Gasteiger partial charge in [0.15, 0.2) is 13.1 Å². The molecular formula is C18H19Cl2N4O3+. The molecule has 0 saturated carbocycles. The van der Waals surface area contributed by atoms with Gasteiger partial charge >= 0.3 is 0 Å². The zero-order valence-corrected chi connectivity index (χ0v) is 16.0. The number of anilines is 1. The minimum absolute atomic E-state index is 0.0151. The average molecular weight is 410 g/mol. The summed E-state index contributed by atoms with van der Waals surface area (Å²) < 4.78 is 0. The van der Waals surface area contributed by atoms with E-state index in [0.717, 1.165) is 0 Å². The summed E-state index contributed by atoms with van der Waals surface area (Å²) in [5, 5.41) is 3.29. The molecule has 7 nitrogen and oxygen atoms in total. The van der Waals surface area contributed by atoms with E-state index >= 15 is 0 Å². The van der Waals surface area contributed by atoms with Gasteiger partial charge in [-0.25, -0.2) is 0 Å². The van der Waals surface area contributed by atoms with E-state index < -0.39 is 11.8 Å². The number of hydrogen-bond acceptors (Lipinski definition) is 3. The molecule has 2 rings (SSSR count). The summed E-state index contributed by atoms with van der Waals surface area (Å²) >= 11 is 12.0. The van der Waals surface area contributed by atoms with Crippen LogP contribution in [-0.2, 0) is 9.59 Å². The van der Waals surface area contributed by atoms with Crippen LogP contribution in [0.25, 0.3) is 0 Å². The molecule has 2 aromatic carbocycles. The summed E-state index contributed by atoms with van der Waals surface area (Å²) in [5.41, 5.74) is 5.40. The molecule has 0 aliphatic heterocycles. The van der Waals surface area contributed by atoms with E-state index in [1.54, 1.807) is 55.6 Å². The molecule has 0 aliphatic rings. The Morgan fingerprint density at radius 2 is 1.44 bits per heavy atom. The molecule has 4 N–H and O–H groups in total. The number of halogens is 2. The highest BCUT2D eigenvalue weighted by Crippen LogP contribution is 2.29. The standard InChI is InChI=1S/C18H18Cl2N4O3/c1-24(10-15(25)21-17-13(19)8-5-9-14(17)20)11-16(26)22-23-18(27)12-6-3-2-4-7-12/h2-9H,10-11H2,1H3,(H,21,25)(H,22,26)(H,23,27)/p+1. The highest BCUT2D eigenvalue weighted by atomic mass is 35.5. The van der Waals surface area contributed by atoms with E-state index in [4.69, 9.17) is 23.2 Å². The lowest BCUT2D eigenvalue weighted by Crippen LogP contribution is -3.11. The molecular weight excluding hydrogens is 391 g/mol. The monoisotopic (exact) mass is 409 g/mol. The van der Waals surface area contributed by atoms with Crippen LogP contribution in [0.15, 0.2) is 48.5 Å². The SMILES string of the molecule is C[NH+](CC(=O)NNC(=O)c1ccccc1)CC(=O)Nc1c(Cl)cccc1Cl. The molecule has 0 aliphatic carbocycles. The summed E-state index contributed by atoms with van der Waals surface area (Å²) in [6.07, 6.45) is 0. The van der Waals surface area contributed by atoms with E-state index in [0.29, 0.717) is 26.2 Å². The van der Waals surface area contributed by atoms with Gasteiger partial charge in [-0.2, -0.15) is 0 Å². The lowest BCUT2D eigenvalue weighted by molar-refractivity contribution is -0.862. The van der Waals surface area contributed by atoms with Crippen LogP contribution >= 0.6 is 23.2 Å². The molecule has 1 atom stereocenters. The maximum atomic E-state index is 12.1. The molecule has 142 valence electrons. The zero-order chi connectivity index (χ0) is 19.8. The predicted octanol–water partition coefficient (Wildman–Crippen LogP) is 0.908. The third kappa shape index (κ3) is 6.56. The smallest absolute Gasteiger partial charge is 0.293 e. The maximum Gasteiger partial charge on any atom is 0.293 e. The Bertz CT molecular complexity index is 810. The van der Waals surface area contributed by atoms with Gasteiger partial charge in [-0.3, -0.25) is 25.2 Å². The van der Waals surface area contributed by atoms with Gasteiger partial charge in [0.25, 0.3) is 17.7 Å². The van der Waals surface area contributed by atoms with Crippen LogP contribution in [0.1, 0.15) is 10.4 Å². The van der Waals surface area contributed by atoms with Crippen LogP contribution in [-0.4, -0.2) is 37.9 Å². The van der Waals surface area contributed by atoms with Gasteiger partial charge < -0.3 is 10.2 Å². The molecule has 0 bridgehead atoms. The van der Waals surface area contributed by atoms with Crippen molar-refractivity contribution in [2.24, 2.45) is 0 Å². The highest BCUT2D eigenvalue weighted by molar-refractivity contribution is 6.39. The molecule has 3 amide bonds. The Hall–Kier alpha value is -2.61. The fraction of sp³-hybridized carbons (Fsp3) is 0.167. The normalized spacial score (nSPS) is 11.4. The second kappa shape index (κ2) is 9.91. The van der Waals surface area contributed by atoms with Gasteiger partial charge in [0.2, 0.25) is 0 Å². The lowest BCUT2D eigenvalue weighted by Gasteiger charge is -2.15. The fourth-order valence-electron chi connectivity index (χ4n) is 2.24. The Labute approximate surface area is 166 Å². The Morgan fingerprint density at radius 3 is 2.07 bits per heavy atom.